The molecule has 0 aliphatic heterocycles. The van der Waals surface area contributed by atoms with Gasteiger partial charge in [-0.1, -0.05) is 41.9 Å². The highest BCUT2D eigenvalue weighted by molar-refractivity contribution is 14.0. The van der Waals surface area contributed by atoms with Gasteiger partial charge in [0, 0.05) is 24.6 Å². The Morgan fingerprint density at radius 1 is 1.21 bits per heavy atom. The Balaban J connectivity index is 0.00000208. The number of benzene rings is 1. The van der Waals surface area contributed by atoms with Crippen LogP contribution < -0.4 is 10.6 Å². The highest BCUT2D eigenvalue weighted by atomic mass is 127. The molecule has 5 nitrogen and oxygen atoms in total. The van der Waals surface area contributed by atoms with Crippen LogP contribution in [0.3, 0.4) is 0 Å². The number of nitrogens with one attached hydrogen (secondary N) is 2. The van der Waals surface area contributed by atoms with E-state index in [0.717, 1.165) is 24.7 Å². The minimum atomic E-state index is 0. The van der Waals surface area contributed by atoms with Crippen molar-refractivity contribution in [3.8, 4) is 0 Å². The smallest absolute Gasteiger partial charge is 0.191 e. The van der Waals surface area contributed by atoms with Gasteiger partial charge in [-0.15, -0.1) is 24.0 Å². The topological polar surface area (TPSA) is 62.5 Å². The first-order valence-electron chi connectivity index (χ1n) is 8.29. The average Bonchev–Trinajstić information content (AvgIpc) is 3.06. The molecule has 0 bridgehead atoms. The number of nitrogens with zero attached hydrogens (tertiary/aromatic N) is 2. The zero-order chi connectivity index (χ0) is 16.0. The maximum absolute atomic E-state index is 4.85. The van der Waals surface area contributed by atoms with Crippen molar-refractivity contribution >= 4 is 29.9 Å². The molecule has 3 rings (SSSR count). The lowest BCUT2D eigenvalue weighted by Crippen LogP contribution is -2.48. The van der Waals surface area contributed by atoms with Gasteiger partial charge in [0.15, 0.2) is 5.96 Å². The minimum absolute atomic E-state index is 0. The van der Waals surface area contributed by atoms with Crippen LogP contribution in [-0.4, -0.2) is 24.2 Å². The molecule has 0 saturated heterocycles. The molecule has 1 aromatic heterocycles. The molecule has 1 saturated carbocycles. The fourth-order valence-electron chi connectivity index (χ4n) is 3.04. The van der Waals surface area contributed by atoms with Gasteiger partial charge in [-0.3, -0.25) is 0 Å². The molecular formula is C18H25IN4O. The Kier molecular flexibility index (Phi) is 7.08. The van der Waals surface area contributed by atoms with Gasteiger partial charge in [0.25, 0.3) is 0 Å². The summed E-state index contributed by atoms with van der Waals surface area (Å²) in [6, 6.07) is 12.6. The first-order valence-corrected chi connectivity index (χ1v) is 8.29. The second-order valence-electron chi connectivity index (χ2n) is 6.04. The number of hydrogen-bond donors (Lipinski definition) is 2. The van der Waals surface area contributed by atoms with Gasteiger partial charge in [-0.05, 0) is 25.3 Å². The highest BCUT2D eigenvalue weighted by Gasteiger charge is 2.38. The molecule has 0 unspecified atom stereocenters. The Hall–Kier alpha value is -1.57. The maximum Gasteiger partial charge on any atom is 0.191 e. The zero-order valence-corrected chi connectivity index (χ0v) is 16.3. The van der Waals surface area contributed by atoms with Gasteiger partial charge >= 0.3 is 0 Å². The number of halogens is 1. The Labute approximate surface area is 160 Å². The van der Waals surface area contributed by atoms with Crippen molar-refractivity contribution < 1.29 is 4.52 Å². The lowest BCUT2D eigenvalue weighted by molar-refractivity contribution is 0.244. The van der Waals surface area contributed by atoms with Crippen molar-refractivity contribution in [2.24, 2.45) is 4.99 Å². The molecule has 6 heteroatoms. The number of rotatable bonds is 6. The largest absolute Gasteiger partial charge is 0.364 e. The van der Waals surface area contributed by atoms with Crippen LogP contribution in [0.1, 0.15) is 37.4 Å². The third-order valence-corrected chi connectivity index (χ3v) is 4.53. The zero-order valence-electron chi connectivity index (χ0n) is 14.0. The molecular weight excluding hydrogens is 415 g/mol. The van der Waals surface area contributed by atoms with E-state index in [2.05, 4.69) is 58.0 Å². The third kappa shape index (κ3) is 4.49. The summed E-state index contributed by atoms with van der Waals surface area (Å²) in [6.07, 6.45) is 5.33. The van der Waals surface area contributed by atoms with Gasteiger partial charge in [0.1, 0.15) is 12.0 Å². The maximum atomic E-state index is 4.85. The molecule has 130 valence electrons. The van der Waals surface area contributed by atoms with Crippen LogP contribution in [0.2, 0.25) is 0 Å². The van der Waals surface area contributed by atoms with E-state index in [4.69, 9.17) is 4.52 Å². The van der Waals surface area contributed by atoms with Gasteiger partial charge < -0.3 is 15.2 Å². The van der Waals surface area contributed by atoms with Gasteiger partial charge in [-0.25, -0.2) is 4.99 Å². The summed E-state index contributed by atoms with van der Waals surface area (Å²) < 4.78 is 4.85. The molecule has 0 radical (unpaired) electrons. The summed E-state index contributed by atoms with van der Waals surface area (Å²) in [6.45, 7) is 4.33. The number of aromatic nitrogens is 1. The first-order chi connectivity index (χ1) is 11.3. The van der Waals surface area contributed by atoms with Crippen LogP contribution in [0.25, 0.3) is 0 Å². The lowest BCUT2D eigenvalue weighted by Gasteiger charge is -2.43. The van der Waals surface area contributed by atoms with E-state index in [1.807, 2.05) is 6.07 Å². The predicted octanol–water partition coefficient (Wildman–Crippen LogP) is 3.47. The Morgan fingerprint density at radius 2 is 2.00 bits per heavy atom. The van der Waals surface area contributed by atoms with Crippen molar-refractivity contribution in [1.29, 1.82) is 0 Å². The van der Waals surface area contributed by atoms with Crippen LogP contribution in [-0.2, 0) is 12.0 Å². The monoisotopic (exact) mass is 440 g/mol. The van der Waals surface area contributed by atoms with E-state index in [1.54, 1.807) is 6.26 Å². The molecule has 24 heavy (non-hydrogen) atoms. The molecule has 1 heterocycles. The molecule has 0 amide bonds. The molecule has 2 aromatic rings. The molecule has 2 N–H and O–H groups in total. The van der Waals surface area contributed by atoms with Gasteiger partial charge in [0.05, 0.1) is 6.54 Å². The quantitative estimate of drug-likeness (QED) is 0.410. The molecule has 1 aromatic carbocycles. The van der Waals surface area contributed by atoms with E-state index in [9.17, 15) is 0 Å². The van der Waals surface area contributed by atoms with E-state index < -0.39 is 0 Å². The highest BCUT2D eigenvalue weighted by Crippen LogP contribution is 2.43. The predicted molar refractivity (Wildman–Crippen MR) is 107 cm³/mol. The molecule has 0 atom stereocenters. The van der Waals surface area contributed by atoms with Crippen LogP contribution in [0, 0.1) is 0 Å². The fourth-order valence-corrected chi connectivity index (χ4v) is 3.04. The molecule has 1 aliphatic carbocycles. The summed E-state index contributed by atoms with van der Waals surface area (Å²) in [5, 5.41) is 10.7. The minimum Gasteiger partial charge on any atom is -0.364 e. The molecule has 1 fully saturated rings. The van der Waals surface area contributed by atoms with Crippen LogP contribution in [0.4, 0.5) is 0 Å². The molecule has 1 aliphatic rings. The Bertz CT molecular complexity index is 624. The van der Waals surface area contributed by atoms with Crippen molar-refractivity contribution in [2.45, 2.75) is 38.1 Å². The average molecular weight is 440 g/mol. The standard InChI is InChI=1S/C18H24N4O.HI/c1-2-19-17(20-13-16-9-12-23-22-16)21-14-18(10-6-11-18)15-7-4-3-5-8-15;/h3-5,7-9,12H,2,6,10-11,13-14H2,1H3,(H2,19,20,21);1H. The van der Waals surface area contributed by atoms with Gasteiger partial charge in [-0.2, -0.15) is 0 Å². The van der Waals surface area contributed by atoms with E-state index in [-0.39, 0.29) is 29.4 Å². The van der Waals surface area contributed by atoms with Crippen molar-refractivity contribution in [2.75, 3.05) is 13.1 Å². The van der Waals surface area contributed by atoms with Crippen LogP contribution in [0.15, 0.2) is 52.2 Å². The second-order valence-corrected chi connectivity index (χ2v) is 6.04. The fraction of sp³-hybridized carbons (Fsp3) is 0.444. The SMILES string of the molecule is CCNC(=NCc1ccon1)NCC1(c2ccccc2)CCC1.I. The number of guanidine groups is 1. The lowest BCUT2D eigenvalue weighted by atomic mass is 9.64. The first kappa shape index (κ1) is 18.8. The Morgan fingerprint density at radius 3 is 2.58 bits per heavy atom. The van der Waals surface area contributed by atoms with E-state index >= 15 is 0 Å². The summed E-state index contributed by atoms with van der Waals surface area (Å²) in [4.78, 5) is 4.58. The number of hydrogen-bond acceptors (Lipinski definition) is 3. The summed E-state index contributed by atoms with van der Waals surface area (Å²) in [7, 11) is 0. The van der Waals surface area contributed by atoms with Crippen LogP contribution in [0.5, 0.6) is 0 Å². The normalized spacial score (nSPS) is 16.0. The summed E-state index contributed by atoms with van der Waals surface area (Å²) in [5.41, 5.74) is 2.50. The number of aliphatic imine (C=N–C) groups is 1. The summed E-state index contributed by atoms with van der Waals surface area (Å²) in [5.74, 6) is 0.831. The molecule has 0 spiro atoms. The second kappa shape index (κ2) is 9.05. The summed E-state index contributed by atoms with van der Waals surface area (Å²) >= 11 is 0. The van der Waals surface area contributed by atoms with Gasteiger partial charge in [0.2, 0.25) is 0 Å². The third-order valence-electron chi connectivity index (χ3n) is 4.53. The van der Waals surface area contributed by atoms with E-state index in [1.165, 1.54) is 24.8 Å². The van der Waals surface area contributed by atoms with Crippen molar-refractivity contribution in [3.63, 3.8) is 0 Å². The van der Waals surface area contributed by atoms with Crippen molar-refractivity contribution in [1.82, 2.24) is 15.8 Å². The van der Waals surface area contributed by atoms with Crippen molar-refractivity contribution in [3.05, 3.63) is 53.9 Å². The van der Waals surface area contributed by atoms with E-state index in [0.29, 0.717) is 6.54 Å². The van der Waals surface area contributed by atoms with Crippen LogP contribution >= 0.6 is 24.0 Å².